The van der Waals surface area contributed by atoms with Crippen LogP contribution in [-0.4, -0.2) is 27.3 Å². The molecular weight excluding hydrogens is 311 g/mol. The van der Waals surface area contributed by atoms with Crippen LogP contribution in [0.3, 0.4) is 0 Å². The van der Waals surface area contributed by atoms with Crippen molar-refractivity contribution in [3.63, 3.8) is 0 Å². The van der Waals surface area contributed by atoms with Crippen molar-refractivity contribution in [1.29, 1.82) is 0 Å². The molecule has 122 valence electrons. The maximum Gasteiger partial charge on any atom is 0.262 e. The summed E-state index contributed by atoms with van der Waals surface area (Å²) in [6, 6.07) is 11.7. The first-order valence-corrected chi connectivity index (χ1v) is 7.26. The molecule has 0 bridgehead atoms. The summed E-state index contributed by atoms with van der Waals surface area (Å²) < 4.78 is 20.8. The van der Waals surface area contributed by atoms with Crippen molar-refractivity contribution in [3.8, 4) is 11.4 Å². The van der Waals surface area contributed by atoms with E-state index in [1.54, 1.807) is 12.1 Å². The van der Waals surface area contributed by atoms with Crippen LogP contribution in [0.25, 0.3) is 5.69 Å². The Morgan fingerprint density at radius 3 is 2.88 bits per heavy atom. The largest absolute Gasteiger partial charge is 0.484 e. The molecule has 0 unspecified atom stereocenters. The molecule has 1 N–H and O–H groups in total. The Balaban J connectivity index is 1.61. The molecular formula is C17H15FN4O2. The normalized spacial score (nSPS) is 10.4. The lowest BCUT2D eigenvalue weighted by molar-refractivity contribution is -0.118. The van der Waals surface area contributed by atoms with E-state index in [4.69, 9.17) is 4.74 Å². The van der Waals surface area contributed by atoms with Gasteiger partial charge in [-0.3, -0.25) is 4.79 Å². The van der Waals surface area contributed by atoms with Gasteiger partial charge in [-0.15, -0.1) is 0 Å². The number of carbonyl (C=O) groups is 1. The van der Waals surface area contributed by atoms with E-state index >= 15 is 0 Å². The van der Waals surface area contributed by atoms with Gasteiger partial charge in [-0.25, -0.2) is 14.1 Å². The summed E-state index contributed by atoms with van der Waals surface area (Å²) in [4.78, 5) is 15.7. The molecule has 1 heterocycles. The number of benzene rings is 2. The first-order chi connectivity index (χ1) is 11.6. The quantitative estimate of drug-likeness (QED) is 0.783. The smallest absolute Gasteiger partial charge is 0.262 e. The standard InChI is InChI=1S/C17H15FN4O2/c1-12-3-2-4-14(7-12)24-9-17(23)21-13-5-6-16(15(18)8-13)22-11-19-10-20-22/h2-8,10-11H,9H2,1H3,(H,21,23). The first kappa shape index (κ1) is 15.7. The van der Waals surface area contributed by atoms with Crippen molar-refractivity contribution in [2.24, 2.45) is 0 Å². The number of rotatable bonds is 5. The molecule has 1 amide bonds. The van der Waals surface area contributed by atoms with Gasteiger partial charge in [-0.2, -0.15) is 5.10 Å². The van der Waals surface area contributed by atoms with Crippen molar-refractivity contribution in [2.75, 3.05) is 11.9 Å². The summed E-state index contributed by atoms with van der Waals surface area (Å²) in [6.45, 7) is 1.78. The van der Waals surface area contributed by atoms with Crippen molar-refractivity contribution in [1.82, 2.24) is 14.8 Å². The minimum atomic E-state index is -0.516. The van der Waals surface area contributed by atoms with Gasteiger partial charge in [-0.05, 0) is 42.8 Å². The molecule has 0 saturated carbocycles. The lowest BCUT2D eigenvalue weighted by Gasteiger charge is -2.09. The third-order valence-corrected chi connectivity index (χ3v) is 3.26. The van der Waals surface area contributed by atoms with Crippen LogP contribution in [0.4, 0.5) is 10.1 Å². The predicted octanol–water partition coefficient (Wildman–Crippen LogP) is 2.73. The Labute approximate surface area is 137 Å². The number of ether oxygens (including phenoxy) is 1. The molecule has 24 heavy (non-hydrogen) atoms. The highest BCUT2D eigenvalue weighted by atomic mass is 19.1. The van der Waals surface area contributed by atoms with E-state index in [1.807, 2.05) is 25.1 Å². The van der Waals surface area contributed by atoms with Gasteiger partial charge in [0, 0.05) is 5.69 Å². The van der Waals surface area contributed by atoms with Crippen molar-refractivity contribution in [2.45, 2.75) is 6.92 Å². The minimum Gasteiger partial charge on any atom is -0.484 e. The molecule has 0 saturated heterocycles. The SMILES string of the molecule is Cc1cccc(OCC(=O)Nc2ccc(-n3cncn3)c(F)c2)c1. The molecule has 1 aromatic heterocycles. The molecule has 0 atom stereocenters. The van der Waals surface area contributed by atoms with E-state index in [9.17, 15) is 9.18 Å². The minimum absolute atomic E-state index is 0.157. The van der Waals surface area contributed by atoms with Gasteiger partial charge in [0.1, 0.15) is 24.1 Å². The number of aryl methyl sites for hydroxylation is 1. The van der Waals surface area contributed by atoms with Crippen LogP contribution in [0.2, 0.25) is 0 Å². The number of aromatic nitrogens is 3. The Bertz CT molecular complexity index is 850. The average molecular weight is 326 g/mol. The number of halogens is 1. The highest BCUT2D eigenvalue weighted by molar-refractivity contribution is 5.92. The molecule has 0 aliphatic carbocycles. The maximum atomic E-state index is 14.1. The van der Waals surface area contributed by atoms with E-state index in [2.05, 4.69) is 15.4 Å². The van der Waals surface area contributed by atoms with E-state index < -0.39 is 5.82 Å². The number of hydrogen-bond acceptors (Lipinski definition) is 4. The summed E-state index contributed by atoms with van der Waals surface area (Å²) in [5, 5.41) is 6.46. The van der Waals surface area contributed by atoms with Gasteiger partial charge < -0.3 is 10.1 Å². The molecule has 0 aliphatic rings. The van der Waals surface area contributed by atoms with Crippen LogP contribution >= 0.6 is 0 Å². The fraction of sp³-hybridized carbons (Fsp3) is 0.118. The highest BCUT2D eigenvalue weighted by Gasteiger charge is 2.09. The predicted molar refractivity (Wildman–Crippen MR) is 86.6 cm³/mol. The molecule has 2 aromatic carbocycles. The molecule has 3 aromatic rings. The average Bonchev–Trinajstić information content (AvgIpc) is 3.07. The second-order valence-electron chi connectivity index (χ2n) is 5.16. The van der Waals surface area contributed by atoms with Crippen LogP contribution in [0, 0.1) is 12.7 Å². The zero-order chi connectivity index (χ0) is 16.9. The summed E-state index contributed by atoms with van der Waals surface area (Å²) in [6.07, 6.45) is 2.71. The zero-order valence-corrected chi connectivity index (χ0v) is 12.9. The number of anilines is 1. The fourth-order valence-electron chi connectivity index (χ4n) is 2.15. The van der Waals surface area contributed by atoms with Crippen LogP contribution < -0.4 is 10.1 Å². The van der Waals surface area contributed by atoms with Gasteiger partial charge in [-0.1, -0.05) is 12.1 Å². The number of hydrogen-bond donors (Lipinski definition) is 1. The maximum absolute atomic E-state index is 14.1. The van der Waals surface area contributed by atoms with E-state index in [1.165, 1.54) is 29.5 Å². The third kappa shape index (κ3) is 3.75. The van der Waals surface area contributed by atoms with Gasteiger partial charge in [0.15, 0.2) is 12.4 Å². The van der Waals surface area contributed by atoms with Gasteiger partial charge >= 0.3 is 0 Å². The van der Waals surface area contributed by atoms with Gasteiger partial charge in [0.25, 0.3) is 5.91 Å². The molecule has 0 radical (unpaired) electrons. The Kier molecular flexibility index (Phi) is 4.51. The second-order valence-corrected chi connectivity index (χ2v) is 5.16. The van der Waals surface area contributed by atoms with Crippen LogP contribution in [-0.2, 0) is 4.79 Å². The Morgan fingerprint density at radius 1 is 1.29 bits per heavy atom. The lowest BCUT2D eigenvalue weighted by atomic mass is 10.2. The summed E-state index contributed by atoms with van der Waals surface area (Å²) >= 11 is 0. The topological polar surface area (TPSA) is 69.0 Å². The number of carbonyl (C=O) groups excluding carboxylic acids is 1. The van der Waals surface area contributed by atoms with E-state index in [0.29, 0.717) is 11.4 Å². The van der Waals surface area contributed by atoms with Crippen molar-refractivity contribution >= 4 is 11.6 Å². The first-order valence-electron chi connectivity index (χ1n) is 7.26. The fourth-order valence-corrected chi connectivity index (χ4v) is 2.15. The molecule has 0 fully saturated rings. The summed E-state index contributed by atoms with van der Waals surface area (Å²) in [5.74, 6) is -0.278. The number of nitrogens with one attached hydrogen (secondary N) is 1. The molecule has 3 rings (SSSR count). The lowest BCUT2D eigenvalue weighted by Crippen LogP contribution is -2.20. The monoisotopic (exact) mass is 326 g/mol. The molecule has 6 nitrogen and oxygen atoms in total. The van der Waals surface area contributed by atoms with E-state index in [0.717, 1.165) is 5.56 Å². The molecule has 0 spiro atoms. The van der Waals surface area contributed by atoms with Crippen LogP contribution in [0.1, 0.15) is 5.56 Å². The van der Waals surface area contributed by atoms with Crippen LogP contribution in [0.15, 0.2) is 55.1 Å². The third-order valence-electron chi connectivity index (χ3n) is 3.26. The zero-order valence-electron chi connectivity index (χ0n) is 12.9. The second kappa shape index (κ2) is 6.91. The molecule has 7 heteroatoms. The summed E-state index contributed by atoms with van der Waals surface area (Å²) in [7, 11) is 0. The number of nitrogens with zero attached hydrogens (tertiary/aromatic N) is 3. The highest BCUT2D eigenvalue weighted by Crippen LogP contribution is 2.17. The van der Waals surface area contributed by atoms with Crippen molar-refractivity contribution in [3.05, 3.63) is 66.5 Å². The van der Waals surface area contributed by atoms with Gasteiger partial charge in [0.2, 0.25) is 0 Å². The van der Waals surface area contributed by atoms with Crippen molar-refractivity contribution < 1.29 is 13.9 Å². The van der Waals surface area contributed by atoms with Crippen LogP contribution in [0.5, 0.6) is 5.75 Å². The Morgan fingerprint density at radius 2 is 2.17 bits per heavy atom. The number of amides is 1. The summed E-state index contributed by atoms with van der Waals surface area (Å²) in [5.41, 5.74) is 1.63. The van der Waals surface area contributed by atoms with Gasteiger partial charge in [0.05, 0.1) is 0 Å². The van der Waals surface area contributed by atoms with E-state index in [-0.39, 0.29) is 18.2 Å². The Hall–Kier alpha value is -3.22. The molecule has 0 aliphatic heterocycles.